The van der Waals surface area contributed by atoms with E-state index in [0.29, 0.717) is 25.0 Å². The van der Waals surface area contributed by atoms with E-state index in [1.54, 1.807) is 6.08 Å². The van der Waals surface area contributed by atoms with Crippen molar-refractivity contribution in [3.63, 3.8) is 0 Å². The first-order chi connectivity index (χ1) is 11.1. The van der Waals surface area contributed by atoms with E-state index in [1.807, 2.05) is 31.2 Å². The maximum atomic E-state index is 10.6. The van der Waals surface area contributed by atoms with Crippen LogP contribution in [0.25, 0.3) is 0 Å². The molecule has 0 N–H and O–H groups in total. The van der Waals surface area contributed by atoms with E-state index in [9.17, 15) is 14.5 Å². The van der Waals surface area contributed by atoms with E-state index in [4.69, 9.17) is 6.42 Å². The third kappa shape index (κ3) is 10.8. The van der Waals surface area contributed by atoms with Gasteiger partial charge in [0.25, 0.3) is 5.91 Å². The minimum Gasteiger partial charge on any atom is -0.300 e. The Morgan fingerprint density at radius 3 is 2.39 bits per heavy atom. The van der Waals surface area contributed by atoms with Crippen molar-refractivity contribution in [2.75, 3.05) is 0 Å². The SMILES string of the molecule is C#Cc1ccc(CCCC(=O)N=O)cc1.C=CCCC(=O)CC. The van der Waals surface area contributed by atoms with Gasteiger partial charge >= 0.3 is 0 Å². The molecule has 4 nitrogen and oxygen atoms in total. The number of hydrogen-bond donors (Lipinski definition) is 0. The molecule has 0 aliphatic rings. The molecule has 122 valence electrons. The van der Waals surface area contributed by atoms with Crippen molar-refractivity contribution < 1.29 is 9.59 Å². The van der Waals surface area contributed by atoms with Crippen molar-refractivity contribution in [2.45, 2.75) is 45.4 Å². The molecule has 0 radical (unpaired) electrons. The van der Waals surface area contributed by atoms with Crippen molar-refractivity contribution in [1.29, 1.82) is 0 Å². The summed E-state index contributed by atoms with van der Waals surface area (Å²) in [6.07, 6.45) is 10.7. The Balaban J connectivity index is 0.000000515. The fourth-order valence-electron chi connectivity index (χ4n) is 1.70. The summed E-state index contributed by atoms with van der Waals surface area (Å²) in [5.41, 5.74) is 1.94. The number of aryl methyl sites for hydroxylation is 1. The van der Waals surface area contributed by atoms with E-state index >= 15 is 0 Å². The molecule has 0 fully saturated rings. The summed E-state index contributed by atoms with van der Waals surface area (Å²) in [4.78, 5) is 30.9. The number of ketones is 1. The van der Waals surface area contributed by atoms with E-state index in [1.165, 1.54) is 0 Å². The number of rotatable bonds is 8. The highest BCUT2D eigenvalue weighted by Crippen LogP contribution is 2.07. The van der Waals surface area contributed by atoms with Crippen LogP contribution in [0, 0.1) is 17.3 Å². The fourth-order valence-corrected chi connectivity index (χ4v) is 1.70. The molecule has 0 unspecified atom stereocenters. The van der Waals surface area contributed by atoms with Crippen LogP contribution < -0.4 is 0 Å². The van der Waals surface area contributed by atoms with Gasteiger partial charge in [-0.3, -0.25) is 9.59 Å². The van der Waals surface area contributed by atoms with Crippen LogP contribution in [0.3, 0.4) is 0 Å². The lowest BCUT2D eigenvalue weighted by atomic mass is 10.1. The van der Waals surface area contributed by atoms with Crippen LogP contribution in [0.4, 0.5) is 0 Å². The average molecular weight is 313 g/mol. The van der Waals surface area contributed by atoms with E-state index in [-0.39, 0.29) is 6.42 Å². The summed E-state index contributed by atoms with van der Waals surface area (Å²) in [6, 6.07) is 7.56. The van der Waals surface area contributed by atoms with Gasteiger partial charge in [-0.05, 0) is 37.0 Å². The number of terminal acetylenes is 1. The van der Waals surface area contributed by atoms with Crippen LogP contribution in [0.15, 0.2) is 42.1 Å². The molecule has 0 heterocycles. The minimum atomic E-state index is -0.588. The van der Waals surface area contributed by atoms with E-state index in [0.717, 1.165) is 24.0 Å². The summed E-state index contributed by atoms with van der Waals surface area (Å²) in [5.74, 6) is 2.26. The van der Waals surface area contributed by atoms with Crippen LogP contribution >= 0.6 is 0 Å². The molecule has 0 saturated heterocycles. The fraction of sp³-hybridized carbons (Fsp3) is 0.368. The maximum Gasteiger partial charge on any atom is 0.286 e. The summed E-state index contributed by atoms with van der Waals surface area (Å²) >= 11 is 0. The zero-order valence-corrected chi connectivity index (χ0v) is 13.6. The Morgan fingerprint density at radius 2 is 1.91 bits per heavy atom. The topological polar surface area (TPSA) is 63.6 Å². The van der Waals surface area contributed by atoms with Gasteiger partial charge in [0, 0.05) is 30.0 Å². The highest BCUT2D eigenvalue weighted by atomic mass is 16.3. The molecule has 0 aromatic heterocycles. The van der Waals surface area contributed by atoms with Crippen LogP contribution in [-0.4, -0.2) is 11.7 Å². The Kier molecular flexibility index (Phi) is 11.7. The number of carbonyl (C=O) groups is 2. The second-order valence-corrected chi connectivity index (χ2v) is 4.90. The maximum absolute atomic E-state index is 10.6. The predicted octanol–water partition coefficient (Wildman–Crippen LogP) is 4.22. The molecule has 0 saturated carbocycles. The Hall–Kier alpha value is -2.54. The summed E-state index contributed by atoms with van der Waals surface area (Å²) in [5, 5.41) is 2.33. The number of carbonyl (C=O) groups excluding carboxylic acids is 2. The molecule has 0 aliphatic heterocycles. The second kappa shape index (κ2) is 13.1. The van der Waals surface area contributed by atoms with Crippen LogP contribution in [0.1, 0.15) is 50.2 Å². The summed E-state index contributed by atoms with van der Waals surface area (Å²) in [6.45, 7) is 5.40. The van der Waals surface area contributed by atoms with Crippen LogP contribution in [0.2, 0.25) is 0 Å². The highest BCUT2D eigenvalue weighted by Gasteiger charge is 2.00. The Morgan fingerprint density at radius 1 is 1.26 bits per heavy atom. The zero-order chi connectivity index (χ0) is 17.5. The number of allylic oxidation sites excluding steroid dienone is 1. The van der Waals surface area contributed by atoms with Gasteiger partial charge in [-0.1, -0.05) is 31.1 Å². The van der Waals surface area contributed by atoms with Crippen molar-refractivity contribution in [2.24, 2.45) is 5.18 Å². The van der Waals surface area contributed by atoms with Gasteiger partial charge in [0.2, 0.25) is 0 Å². The lowest BCUT2D eigenvalue weighted by Crippen LogP contribution is -1.93. The molecule has 0 spiro atoms. The van der Waals surface area contributed by atoms with Gasteiger partial charge in [-0.25, -0.2) is 0 Å². The van der Waals surface area contributed by atoms with Gasteiger partial charge in [0.15, 0.2) is 0 Å². The molecule has 4 heteroatoms. The molecule has 1 amide bonds. The van der Waals surface area contributed by atoms with Gasteiger partial charge in [0.1, 0.15) is 5.78 Å². The highest BCUT2D eigenvalue weighted by molar-refractivity contribution is 5.78. The average Bonchev–Trinajstić information content (AvgIpc) is 2.60. The number of amides is 1. The zero-order valence-electron chi connectivity index (χ0n) is 13.6. The summed E-state index contributed by atoms with van der Waals surface area (Å²) < 4.78 is 0. The van der Waals surface area contributed by atoms with E-state index in [2.05, 4.69) is 17.7 Å². The van der Waals surface area contributed by atoms with Gasteiger partial charge in [-0.15, -0.1) is 17.9 Å². The third-order valence-corrected chi connectivity index (χ3v) is 3.10. The Labute approximate surface area is 138 Å². The molecule has 0 atom stereocenters. The van der Waals surface area contributed by atoms with Crippen LogP contribution in [-0.2, 0) is 16.0 Å². The minimum absolute atomic E-state index is 0.209. The third-order valence-electron chi connectivity index (χ3n) is 3.10. The number of hydrogen-bond acceptors (Lipinski definition) is 3. The smallest absolute Gasteiger partial charge is 0.286 e. The normalized spacial score (nSPS) is 9.04. The van der Waals surface area contributed by atoms with E-state index < -0.39 is 5.91 Å². The lowest BCUT2D eigenvalue weighted by molar-refractivity contribution is -0.119. The van der Waals surface area contributed by atoms with Crippen molar-refractivity contribution in [3.05, 3.63) is 53.0 Å². The number of nitrogens with zero attached hydrogens (tertiary/aromatic N) is 1. The number of benzene rings is 1. The van der Waals surface area contributed by atoms with Crippen LogP contribution in [0.5, 0.6) is 0 Å². The molecular formula is C19H23NO3. The van der Waals surface area contributed by atoms with Gasteiger partial charge < -0.3 is 0 Å². The molecule has 23 heavy (non-hydrogen) atoms. The number of nitroso groups, excluding NO2 is 1. The predicted molar refractivity (Wildman–Crippen MR) is 92.8 cm³/mol. The molecular weight excluding hydrogens is 290 g/mol. The first-order valence-corrected chi connectivity index (χ1v) is 7.61. The molecule has 0 bridgehead atoms. The van der Waals surface area contributed by atoms with Crippen molar-refractivity contribution in [1.82, 2.24) is 0 Å². The van der Waals surface area contributed by atoms with Gasteiger partial charge in [-0.2, -0.15) is 0 Å². The summed E-state index contributed by atoms with van der Waals surface area (Å²) in [7, 11) is 0. The van der Waals surface area contributed by atoms with Gasteiger partial charge in [0.05, 0.1) is 0 Å². The quantitative estimate of drug-likeness (QED) is 0.410. The molecule has 1 aromatic carbocycles. The lowest BCUT2D eigenvalue weighted by Gasteiger charge is -1.99. The molecule has 0 aliphatic carbocycles. The largest absolute Gasteiger partial charge is 0.300 e. The number of Topliss-reactive ketones (excluding diaryl/α,β-unsaturated/α-hetero) is 1. The molecule has 1 aromatic rings. The van der Waals surface area contributed by atoms with Crippen molar-refractivity contribution in [3.8, 4) is 12.3 Å². The first-order valence-electron chi connectivity index (χ1n) is 7.61. The Bertz CT molecular complexity index is 553. The van der Waals surface area contributed by atoms with Crippen molar-refractivity contribution >= 4 is 11.7 Å². The molecule has 1 rings (SSSR count). The monoisotopic (exact) mass is 313 g/mol. The first kappa shape index (κ1) is 20.5. The second-order valence-electron chi connectivity index (χ2n) is 4.90. The standard InChI is InChI=1S/C12H11NO2.C7H12O/c1-2-10-6-8-11(9-7-10)4-3-5-12(14)13-15;1-3-5-6-7(8)4-2/h1,6-9H,3-5H2;3H,1,4-6H2,2H3.